The normalized spacial score (nSPS) is 11.5. The molecule has 1 heterocycles. The molecular weight excluding hydrogens is 408 g/mol. The molecule has 0 saturated heterocycles. The molecule has 4 heteroatoms. The van der Waals surface area contributed by atoms with Gasteiger partial charge < -0.3 is 4.79 Å². The molecule has 32 heavy (non-hydrogen) atoms. The van der Waals surface area contributed by atoms with Crippen molar-refractivity contribution in [3.63, 3.8) is 0 Å². The molecule has 0 aliphatic heterocycles. The van der Waals surface area contributed by atoms with Crippen LogP contribution in [0.4, 0.5) is 0 Å². The first-order chi connectivity index (χ1) is 15.2. The van der Waals surface area contributed by atoms with Crippen molar-refractivity contribution in [2.75, 3.05) is 0 Å². The highest BCUT2D eigenvalue weighted by Gasteiger charge is 2.12. The minimum atomic E-state index is -0.0373. The molecule has 2 nitrogen and oxygen atoms in total. The SMILES string of the molecule is C=C(/C=C(\C)Cc1ccc2nccc(C)c2c1)C(=O)[B]Cc1cc(C(=C)C)c(C)cc1P. The Morgan fingerprint density at radius 1 is 1.09 bits per heavy atom. The van der Waals surface area contributed by atoms with Crippen molar-refractivity contribution in [3.8, 4) is 0 Å². The summed E-state index contributed by atoms with van der Waals surface area (Å²) in [6.45, 7) is 16.3. The van der Waals surface area contributed by atoms with Crippen molar-refractivity contribution in [1.82, 2.24) is 4.98 Å². The monoisotopic (exact) mass is 438 g/mol. The lowest BCUT2D eigenvalue weighted by molar-refractivity contribution is -0.108. The van der Waals surface area contributed by atoms with Crippen LogP contribution in [0.2, 0.25) is 0 Å². The zero-order chi connectivity index (χ0) is 23.4. The quantitative estimate of drug-likeness (QED) is 0.191. The molecule has 1 atom stereocenters. The summed E-state index contributed by atoms with van der Waals surface area (Å²) in [4.78, 5) is 17.1. The fraction of sp³-hybridized carbons (Fsp3) is 0.214. The first-order valence-corrected chi connectivity index (χ1v) is 11.4. The molecule has 0 fully saturated rings. The predicted molar refractivity (Wildman–Crippen MR) is 143 cm³/mol. The van der Waals surface area contributed by atoms with Gasteiger partial charge in [0.05, 0.1) is 5.52 Å². The molecule has 3 aromatic rings. The average Bonchev–Trinajstić information content (AvgIpc) is 2.73. The third kappa shape index (κ3) is 5.72. The Morgan fingerprint density at radius 2 is 1.84 bits per heavy atom. The van der Waals surface area contributed by atoms with Crippen LogP contribution < -0.4 is 5.30 Å². The van der Waals surface area contributed by atoms with E-state index in [1.807, 2.05) is 32.2 Å². The molecule has 161 valence electrons. The molecule has 2 aromatic carbocycles. The second-order valence-corrected chi connectivity index (χ2v) is 9.21. The fourth-order valence-corrected chi connectivity index (χ4v) is 4.38. The molecule has 0 spiro atoms. The Kier molecular flexibility index (Phi) is 7.64. The van der Waals surface area contributed by atoms with E-state index in [1.165, 1.54) is 22.1 Å². The molecule has 1 unspecified atom stereocenters. The van der Waals surface area contributed by atoms with E-state index in [0.717, 1.165) is 39.5 Å². The largest absolute Gasteiger partial charge is 0.307 e. The van der Waals surface area contributed by atoms with Crippen LogP contribution >= 0.6 is 9.24 Å². The Labute approximate surface area is 195 Å². The highest BCUT2D eigenvalue weighted by molar-refractivity contribution is 7.27. The highest BCUT2D eigenvalue weighted by Crippen LogP contribution is 2.21. The number of aromatic nitrogens is 1. The Morgan fingerprint density at radius 3 is 2.56 bits per heavy atom. The molecule has 0 aliphatic carbocycles. The van der Waals surface area contributed by atoms with Gasteiger partial charge in [0.2, 0.25) is 7.28 Å². The zero-order valence-corrected chi connectivity index (χ0v) is 20.6. The van der Waals surface area contributed by atoms with E-state index in [2.05, 4.69) is 71.6 Å². The second-order valence-electron chi connectivity index (χ2n) is 8.59. The van der Waals surface area contributed by atoms with Crippen molar-refractivity contribution >= 4 is 44.0 Å². The van der Waals surface area contributed by atoms with Gasteiger partial charge in [-0.05, 0) is 97.3 Å². The number of carbonyl (C=O) groups excluding carboxylic acids is 1. The summed E-state index contributed by atoms with van der Waals surface area (Å²) in [6.07, 6.45) is 5.08. The zero-order valence-electron chi connectivity index (χ0n) is 19.5. The molecule has 1 aromatic heterocycles. The number of carbonyl (C=O) groups is 1. The highest BCUT2D eigenvalue weighted by atomic mass is 31.0. The molecule has 0 bridgehead atoms. The third-order valence-corrected chi connectivity index (χ3v) is 6.23. The maximum absolute atomic E-state index is 12.7. The molecular formula is C28H30BNOP. The number of aryl methyl sites for hydroxylation is 2. The van der Waals surface area contributed by atoms with Gasteiger partial charge in [-0.1, -0.05) is 48.6 Å². The Balaban J connectivity index is 1.66. The first-order valence-electron chi connectivity index (χ1n) is 10.8. The van der Waals surface area contributed by atoms with E-state index in [1.54, 1.807) is 7.28 Å². The number of hydrogen-bond donors (Lipinski definition) is 0. The minimum absolute atomic E-state index is 0.0373. The van der Waals surface area contributed by atoms with Gasteiger partial charge in [-0.25, -0.2) is 0 Å². The van der Waals surface area contributed by atoms with E-state index in [0.29, 0.717) is 11.9 Å². The number of rotatable bonds is 8. The summed E-state index contributed by atoms with van der Waals surface area (Å²) in [5, 5.41) is 2.27. The topological polar surface area (TPSA) is 30.0 Å². The Bertz CT molecular complexity index is 1260. The van der Waals surface area contributed by atoms with E-state index in [9.17, 15) is 4.79 Å². The maximum Gasteiger partial charge on any atom is 0.213 e. The maximum atomic E-state index is 12.7. The number of benzene rings is 2. The summed E-state index contributed by atoms with van der Waals surface area (Å²) in [6, 6.07) is 12.6. The van der Waals surface area contributed by atoms with Gasteiger partial charge >= 0.3 is 0 Å². The lowest BCUT2D eigenvalue weighted by Gasteiger charge is -2.12. The molecule has 0 N–H and O–H groups in total. The van der Waals surface area contributed by atoms with Crippen molar-refractivity contribution in [3.05, 3.63) is 101 Å². The van der Waals surface area contributed by atoms with E-state index >= 15 is 0 Å². The number of allylic oxidation sites excluding steroid dienone is 4. The van der Waals surface area contributed by atoms with Gasteiger partial charge in [-0.3, -0.25) is 4.98 Å². The fourth-order valence-electron chi connectivity index (χ4n) is 3.93. The smallest absolute Gasteiger partial charge is 0.213 e. The van der Waals surface area contributed by atoms with Gasteiger partial charge in [-0.15, -0.1) is 9.24 Å². The third-order valence-electron chi connectivity index (χ3n) is 5.70. The van der Waals surface area contributed by atoms with Crippen molar-refractivity contribution in [2.45, 2.75) is 40.4 Å². The Hall–Kier alpha value is -2.77. The molecule has 0 amide bonds. The van der Waals surface area contributed by atoms with Crippen LogP contribution in [0, 0.1) is 13.8 Å². The molecule has 0 saturated carbocycles. The summed E-state index contributed by atoms with van der Waals surface area (Å²) >= 11 is 0. The molecule has 1 radical (unpaired) electrons. The minimum Gasteiger partial charge on any atom is -0.307 e. The van der Waals surface area contributed by atoms with E-state index < -0.39 is 0 Å². The van der Waals surface area contributed by atoms with Gasteiger partial charge in [0.15, 0.2) is 0 Å². The number of nitrogens with zero attached hydrogens (tertiary/aromatic N) is 1. The van der Waals surface area contributed by atoms with E-state index in [4.69, 9.17) is 0 Å². The molecule has 0 aliphatic rings. The predicted octanol–water partition coefficient (Wildman–Crippen LogP) is 5.86. The average molecular weight is 438 g/mol. The summed E-state index contributed by atoms with van der Waals surface area (Å²) in [7, 11) is 4.49. The van der Waals surface area contributed by atoms with Gasteiger partial charge in [0, 0.05) is 11.6 Å². The van der Waals surface area contributed by atoms with E-state index in [-0.39, 0.29) is 5.68 Å². The summed E-state index contributed by atoms with van der Waals surface area (Å²) < 4.78 is 0. The second kappa shape index (κ2) is 10.2. The van der Waals surface area contributed by atoms with Crippen LogP contribution in [0.3, 0.4) is 0 Å². The van der Waals surface area contributed by atoms with Crippen LogP contribution in [0.5, 0.6) is 0 Å². The number of fused-ring (bicyclic) bond motifs is 1. The molecule has 3 rings (SSSR count). The van der Waals surface area contributed by atoms with Crippen molar-refractivity contribution in [1.29, 1.82) is 0 Å². The van der Waals surface area contributed by atoms with Crippen LogP contribution in [0.1, 0.15) is 41.7 Å². The summed E-state index contributed by atoms with van der Waals surface area (Å²) in [5.74, 6) is 0. The lowest BCUT2D eigenvalue weighted by atomic mass is 9.65. The van der Waals surface area contributed by atoms with Crippen molar-refractivity contribution < 1.29 is 4.79 Å². The summed E-state index contributed by atoms with van der Waals surface area (Å²) in [5.41, 5.74) is 9.47. The van der Waals surface area contributed by atoms with Gasteiger partial charge in [0.25, 0.3) is 0 Å². The standard InChI is InChI=1S/C28H30BNOP/c1-17(2)24-15-23(27(32)13-20(24)5)16-29-28(31)21(6)11-18(3)12-22-7-8-26-25(14-22)19(4)9-10-30-26/h7-11,13-15H,1,6,12,16,32H2,2-5H3/b18-11+. The van der Waals surface area contributed by atoms with Gasteiger partial charge in [-0.2, -0.15) is 0 Å². The van der Waals surface area contributed by atoms with Crippen molar-refractivity contribution in [2.24, 2.45) is 0 Å². The number of hydrogen-bond acceptors (Lipinski definition) is 2. The van der Waals surface area contributed by atoms with Gasteiger partial charge in [0.1, 0.15) is 5.68 Å². The van der Waals surface area contributed by atoms with Crippen LogP contribution in [0.25, 0.3) is 16.5 Å². The van der Waals surface area contributed by atoms with Crippen LogP contribution in [0.15, 0.2) is 73.0 Å². The number of pyridine rings is 1. The lowest BCUT2D eigenvalue weighted by Crippen LogP contribution is -2.17. The van der Waals surface area contributed by atoms with Crippen LogP contribution in [-0.4, -0.2) is 17.9 Å². The van der Waals surface area contributed by atoms with Crippen LogP contribution in [-0.2, 0) is 17.5 Å². The first kappa shape index (κ1) is 23.9.